The molecule has 0 amide bonds. The maximum atomic E-state index is 12.4. The number of aliphatic hydroxyl groups excluding tert-OH is 4. The molecule has 147 heavy (non-hydrogen) atoms. The van der Waals surface area contributed by atoms with Gasteiger partial charge in [-0.2, -0.15) is 0 Å². The van der Waals surface area contributed by atoms with Gasteiger partial charge in [0.15, 0.2) is 5.78 Å². The van der Waals surface area contributed by atoms with E-state index in [-0.39, 0.29) is 29.8 Å². The summed E-state index contributed by atoms with van der Waals surface area (Å²) in [6.07, 6.45) is 86.9. The molecule has 0 aliphatic heterocycles. The van der Waals surface area contributed by atoms with Crippen molar-refractivity contribution in [3.63, 3.8) is 0 Å². The van der Waals surface area contributed by atoms with E-state index >= 15 is 0 Å². The van der Waals surface area contributed by atoms with Crippen molar-refractivity contribution in [1.82, 2.24) is 0 Å². The van der Waals surface area contributed by atoms with E-state index in [4.69, 9.17) is 0 Å². The molecule has 21 unspecified atom stereocenters. The van der Waals surface area contributed by atoms with Gasteiger partial charge in [0, 0.05) is 18.3 Å². The molecule has 28 aliphatic rings. The lowest BCUT2D eigenvalue weighted by atomic mass is 9.47. The van der Waals surface area contributed by atoms with Crippen LogP contribution in [0, 0.1) is 212 Å². The lowest BCUT2D eigenvalue weighted by Crippen LogP contribution is -2.50. The second kappa shape index (κ2) is 38.9. The van der Waals surface area contributed by atoms with Crippen molar-refractivity contribution in [1.29, 1.82) is 0 Å². The summed E-state index contributed by atoms with van der Waals surface area (Å²) in [5.74, 6) is 20.8. The smallest absolute Gasteiger partial charge is 0.155 e. The molecule has 0 radical (unpaired) electrons. The predicted octanol–water partition coefficient (Wildman–Crippen LogP) is 35.8. The van der Waals surface area contributed by atoms with Crippen LogP contribution in [-0.2, 0) is 9.59 Å². The number of aliphatic hydroxyl groups is 4. The molecule has 0 heterocycles. The summed E-state index contributed by atoms with van der Waals surface area (Å²) in [4.78, 5) is 24.2. The maximum absolute atomic E-state index is 12.4. The fourth-order valence-electron chi connectivity index (χ4n) is 46.3. The van der Waals surface area contributed by atoms with E-state index in [9.17, 15) is 30.0 Å². The molecule has 21 saturated carbocycles. The van der Waals surface area contributed by atoms with Crippen LogP contribution in [0.25, 0.3) is 0 Å². The third-order valence-electron chi connectivity index (χ3n) is 56.4. The molecular weight excluding hydrogens is 1790 g/mol. The summed E-state index contributed by atoms with van der Waals surface area (Å²) in [6, 6.07) is 0. The molecule has 0 bridgehead atoms. The van der Waals surface area contributed by atoms with Crippen molar-refractivity contribution in [2.45, 2.75) is 495 Å². The highest BCUT2D eigenvalue weighted by molar-refractivity contribution is 5.91. The Morgan fingerprint density at radius 2 is 0.442 bits per heavy atom. The first-order chi connectivity index (χ1) is 69.6. The van der Waals surface area contributed by atoms with Crippen LogP contribution >= 0.6 is 0 Å². The number of hydrogen-bond donors (Lipinski definition) is 4. The van der Waals surface area contributed by atoms with Gasteiger partial charge in [0.05, 0.1) is 24.4 Å². The van der Waals surface area contributed by atoms with Gasteiger partial charge in [0.2, 0.25) is 0 Å². The molecule has 810 valence electrons. The Hall–Kier alpha value is -4.20. The average molecular weight is 2000 g/mol. The molecule has 6 heteroatoms. The summed E-state index contributed by atoms with van der Waals surface area (Å²) >= 11 is 0. The predicted molar refractivity (Wildman–Crippen MR) is 609 cm³/mol. The third kappa shape index (κ3) is 17.2. The van der Waals surface area contributed by atoms with Crippen molar-refractivity contribution in [3.8, 4) is 0 Å². The van der Waals surface area contributed by atoms with Crippen LogP contribution in [0.3, 0.4) is 0 Å². The van der Waals surface area contributed by atoms with Crippen LogP contribution in [0.1, 0.15) is 470 Å². The van der Waals surface area contributed by atoms with E-state index in [0.29, 0.717) is 93.8 Å². The van der Waals surface area contributed by atoms with Gasteiger partial charge in [-0.1, -0.05) is 259 Å². The topological polar surface area (TPSA) is 115 Å². The number of Topliss-reactive ketones (excluding diaryl/α,β-unsaturated/α-hetero) is 1. The van der Waals surface area contributed by atoms with Crippen LogP contribution in [0.4, 0.5) is 0 Å². The van der Waals surface area contributed by atoms with Gasteiger partial charge in [0.25, 0.3) is 0 Å². The Labute approximate surface area is 896 Å². The lowest BCUT2D eigenvalue weighted by molar-refractivity contribution is -0.132. The van der Waals surface area contributed by atoms with E-state index in [1.807, 2.05) is 17.2 Å². The van der Waals surface area contributed by atoms with Gasteiger partial charge in [-0.25, -0.2) is 0 Å². The number of carbonyl (C=O) groups is 2. The van der Waals surface area contributed by atoms with Crippen LogP contribution < -0.4 is 0 Å². The highest BCUT2D eigenvalue weighted by Crippen LogP contribution is 2.76. The summed E-state index contributed by atoms with van der Waals surface area (Å²) in [6.45, 7) is 66.3. The summed E-state index contributed by atoms with van der Waals surface area (Å²) in [5.41, 5.74) is 26.3. The average Bonchev–Trinajstić information content (AvgIpc) is 0.942. The zero-order chi connectivity index (χ0) is 104. The quantitative estimate of drug-likeness (QED) is 0.180. The molecular formula is C141H210O6. The van der Waals surface area contributed by atoms with E-state index < -0.39 is 0 Å². The highest BCUT2D eigenvalue weighted by atomic mass is 16.3. The van der Waals surface area contributed by atoms with Gasteiger partial charge < -0.3 is 20.4 Å². The standard InChI is InChI=1S/2C21H32.3C20H30O.C20H28O.C19H28O2/c2*1-14-9-11-21(4)16(13-14)6-7-17-18-8-5-15(2)20(18,3)12-10-19(17)21;4*1-13-4-7-17-16-6-5-14-12-15(21)8-10-20(14,3)18(16)9-11-19(13,17)2;1-18-9-7-13(20)11-12(18)3-4-14-15-5-6-17(21)19(15,2)10-8-16(14)18/h2*13-14,17-19H,2,5-12H2,1,3-4H3;2*12,15-18,21H,1,4-11H2,2-3H3;5,15-18,21H,1,4,6-12H2,2-3H3;12,16-18H,1,4-11H2,2-3H3;3,13-16,20H,4-11H2,1-2H3/t14-,17?,18?,19?,20+,21-;14-,17?,18?,19?,20-,21+;15-,16?,17?,18?,19+,20-;15-,16?,17?,18?,19-,20+;15-,16?,17?,18?,19+,20-;16?,17?,18?,19-,20+;13-,14?,15?,16?,18-,19-/m0101010/s1. The van der Waals surface area contributed by atoms with E-state index in [2.05, 4.69) is 187 Å². The van der Waals surface area contributed by atoms with E-state index in [1.54, 1.807) is 27.9 Å². The fraction of sp³-hybridized carbons (Fsp3) is 0.801. The molecule has 21 fully saturated rings. The molecule has 0 aromatic rings. The van der Waals surface area contributed by atoms with Crippen molar-refractivity contribution in [2.24, 2.45) is 212 Å². The minimum Gasteiger partial charge on any atom is -0.393 e. The Morgan fingerprint density at radius 1 is 0.218 bits per heavy atom. The Morgan fingerprint density at radius 3 is 0.755 bits per heavy atom. The molecule has 28 aliphatic carbocycles. The lowest BCUT2D eigenvalue weighted by Gasteiger charge is -2.58. The number of carbonyl (C=O) groups excluding carboxylic acids is 2. The summed E-state index contributed by atoms with van der Waals surface area (Å²) in [5, 5.41) is 40.0. The van der Waals surface area contributed by atoms with Crippen molar-refractivity contribution < 1.29 is 30.0 Å². The SMILES string of the molecule is C=C1CCC2C3CC=C4C[C@@H](O)CC[C@]4(C)C3CC[C@]12C.C=C1CCC2C3CCC4=CC(=O)CC[C@]4(C)C3CC[C@]12C.C=C1CCC2C3CCC4=C[C@@H](C)CC[C@]4(C)C3CC[C@]12C.C=C1CCC2C3CCC4=C[C@@H](O)CC[C@]4(C)C3CC[C@]12C.C=C1CCC2C3CCC4=C[C@H](C)CC[C@]4(C)C3CC[C@]12C.C=C1CCC2C3CCC4=C[C@H](O)CC[C@]4(C)C3CC[C@]12C.C[C@]12CC[C@H](O)CC1=CCC1C2CC[C@]2(C)C(=O)CCC12. The van der Waals surface area contributed by atoms with Gasteiger partial charge in [-0.15, -0.1) is 0 Å². The Bertz CT molecular complexity index is 4930. The third-order valence-corrected chi connectivity index (χ3v) is 56.4. The number of ketones is 2. The minimum absolute atomic E-state index is 0.0168. The minimum atomic E-state index is -0.176. The molecule has 6 nitrogen and oxygen atoms in total. The highest BCUT2D eigenvalue weighted by Gasteiger charge is 2.67. The molecule has 0 aromatic heterocycles. The second-order valence-electron chi connectivity index (χ2n) is 61.6. The van der Waals surface area contributed by atoms with Crippen molar-refractivity contribution >= 4 is 11.6 Å². The summed E-state index contributed by atoms with van der Waals surface area (Å²) in [7, 11) is 0. The molecule has 41 atom stereocenters. The number of hydrogen-bond acceptors (Lipinski definition) is 6. The second-order valence-corrected chi connectivity index (χ2v) is 61.6. The fourth-order valence-corrected chi connectivity index (χ4v) is 46.3. The Kier molecular flexibility index (Phi) is 28.3. The first kappa shape index (κ1) is 107. The van der Waals surface area contributed by atoms with Gasteiger partial charge in [-0.3, -0.25) is 9.59 Å². The summed E-state index contributed by atoms with van der Waals surface area (Å²) < 4.78 is 0. The Balaban J connectivity index is 0.0000000974. The molecule has 0 aromatic carbocycles. The van der Waals surface area contributed by atoms with E-state index in [1.165, 1.54) is 310 Å². The van der Waals surface area contributed by atoms with Crippen LogP contribution in [0.15, 0.2) is 154 Å². The van der Waals surface area contributed by atoms with Crippen LogP contribution in [0.2, 0.25) is 0 Å². The zero-order valence-corrected chi connectivity index (χ0v) is 96.6. The molecule has 0 spiro atoms. The molecule has 4 N–H and O–H groups in total. The van der Waals surface area contributed by atoms with Crippen LogP contribution in [0.5, 0.6) is 0 Å². The number of fused-ring (bicyclic) bond motifs is 35. The first-order valence-corrected chi connectivity index (χ1v) is 63.5. The molecule has 0 saturated heterocycles. The van der Waals surface area contributed by atoms with Crippen molar-refractivity contribution in [3.05, 3.63) is 154 Å². The van der Waals surface area contributed by atoms with Crippen LogP contribution in [-0.4, -0.2) is 56.4 Å². The van der Waals surface area contributed by atoms with Gasteiger partial charge in [0.1, 0.15) is 5.78 Å². The normalized spacial score (nSPS) is 52.2. The number of allylic oxidation sites excluding steroid dienone is 15. The van der Waals surface area contributed by atoms with Gasteiger partial charge in [-0.05, 0) is 559 Å². The largest absolute Gasteiger partial charge is 0.393 e. The zero-order valence-electron chi connectivity index (χ0n) is 96.6. The van der Waals surface area contributed by atoms with Gasteiger partial charge >= 0.3 is 0 Å². The molecule has 28 rings (SSSR count). The number of rotatable bonds is 0. The van der Waals surface area contributed by atoms with E-state index in [0.717, 1.165) is 208 Å². The maximum Gasteiger partial charge on any atom is 0.155 e. The van der Waals surface area contributed by atoms with Crippen molar-refractivity contribution in [2.75, 3.05) is 0 Å². The monoisotopic (exact) mass is 2000 g/mol. The first-order valence-electron chi connectivity index (χ1n) is 63.5.